The van der Waals surface area contributed by atoms with Crippen molar-refractivity contribution in [1.82, 2.24) is 4.98 Å². The van der Waals surface area contributed by atoms with E-state index in [1.54, 1.807) is 12.1 Å². The Morgan fingerprint density at radius 2 is 2.00 bits per heavy atom. The van der Waals surface area contributed by atoms with E-state index in [9.17, 15) is 8.42 Å². The number of fused-ring (bicyclic) bond motifs is 1. The first-order valence-electron chi connectivity index (χ1n) is 4.99. The maximum atomic E-state index is 11.9. The van der Waals surface area contributed by atoms with E-state index in [0.29, 0.717) is 4.90 Å². The highest BCUT2D eigenvalue weighted by atomic mass is 32.2. The average Bonchev–Trinajstić information content (AvgIpc) is 2.97. The molecule has 1 aromatic heterocycles. The minimum absolute atomic E-state index is 0.134. The van der Waals surface area contributed by atoms with Crippen molar-refractivity contribution in [2.45, 2.75) is 23.0 Å². The topological polar surface area (TPSA) is 49.9 Å². The summed E-state index contributed by atoms with van der Waals surface area (Å²) in [6.07, 6.45) is 3.44. The first-order valence-corrected chi connectivity index (χ1v) is 6.53. The van der Waals surface area contributed by atoms with Gasteiger partial charge in [0.2, 0.25) is 0 Å². The van der Waals surface area contributed by atoms with Crippen LogP contribution in [0.3, 0.4) is 0 Å². The zero-order valence-electron chi connectivity index (χ0n) is 8.10. The van der Waals surface area contributed by atoms with E-state index >= 15 is 0 Å². The van der Waals surface area contributed by atoms with Gasteiger partial charge in [0, 0.05) is 11.7 Å². The second-order valence-corrected chi connectivity index (χ2v) is 6.20. The van der Waals surface area contributed by atoms with Gasteiger partial charge in [0.15, 0.2) is 9.84 Å². The van der Waals surface area contributed by atoms with Crippen LogP contribution >= 0.6 is 0 Å². The summed E-state index contributed by atoms with van der Waals surface area (Å²) in [5, 5.41) is 0.912. The van der Waals surface area contributed by atoms with Crippen molar-refractivity contribution in [3.8, 4) is 0 Å². The van der Waals surface area contributed by atoms with E-state index in [1.165, 1.54) is 0 Å². The summed E-state index contributed by atoms with van der Waals surface area (Å²) in [7, 11) is -3.06. The van der Waals surface area contributed by atoms with Crippen LogP contribution in [0.5, 0.6) is 0 Å². The van der Waals surface area contributed by atoms with Crippen LogP contribution in [0.2, 0.25) is 0 Å². The van der Waals surface area contributed by atoms with Gasteiger partial charge in [0.25, 0.3) is 0 Å². The standard InChI is InChI=1S/C11H11NO2S/c13-15(14,9-3-4-9)10-2-1-8-5-6-12-11(8)7-10/h1-2,5-7,9,12H,3-4H2. The zero-order chi connectivity index (χ0) is 10.5. The average molecular weight is 221 g/mol. The number of nitrogens with one attached hydrogen (secondary N) is 1. The number of benzene rings is 1. The summed E-state index contributed by atoms with van der Waals surface area (Å²) in [4.78, 5) is 3.47. The Morgan fingerprint density at radius 1 is 1.20 bits per heavy atom. The van der Waals surface area contributed by atoms with Crippen molar-refractivity contribution in [1.29, 1.82) is 0 Å². The molecule has 0 radical (unpaired) electrons. The molecule has 0 saturated heterocycles. The first kappa shape index (κ1) is 8.97. The Kier molecular flexibility index (Phi) is 1.71. The Balaban J connectivity index is 2.18. The molecule has 1 heterocycles. The fourth-order valence-corrected chi connectivity index (χ4v) is 3.46. The van der Waals surface area contributed by atoms with E-state index < -0.39 is 9.84 Å². The minimum atomic E-state index is -3.06. The molecule has 1 aliphatic carbocycles. The number of hydrogen-bond donors (Lipinski definition) is 1. The van der Waals surface area contributed by atoms with Gasteiger partial charge in [-0.15, -0.1) is 0 Å². The predicted octanol–water partition coefficient (Wildman–Crippen LogP) is 2.10. The van der Waals surface area contributed by atoms with Crippen LogP contribution in [0.1, 0.15) is 12.8 Å². The molecule has 0 aliphatic heterocycles. The van der Waals surface area contributed by atoms with Gasteiger partial charge in [-0.25, -0.2) is 8.42 Å². The molecule has 4 heteroatoms. The zero-order valence-corrected chi connectivity index (χ0v) is 8.92. The van der Waals surface area contributed by atoms with Crippen molar-refractivity contribution >= 4 is 20.7 Å². The van der Waals surface area contributed by atoms with Crippen LogP contribution in [0.15, 0.2) is 35.4 Å². The highest BCUT2D eigenvalue weighted by Crippen LogP contribution is 2.34. The van der Waals surface area contributed by atoms with Crippen molar-refractivity contribution in [3.05, 3.63) is 30.5 Å². The third-order valence-electron chi connectivity index (χ3n) is 2.82. The second-order valence-electron chi connectivity index (χ2n) is 3.97. The van der Waals surface area contributed by atoms with Gasteiger partial charge >= 0.3 is 0 Å². The molecule has 1 aromatic carbocycles. The van der Waals surface area contributed by atoms with Gasteiger partial charge in [-0.2, -0.15) is 0 Å². The van der Waals surface area contributed by atoms with Crippen LogP contribution in [-0.2, 0) is 9.84 Å². The molecular formula is C11H11NO2S. The smallest absolute Gasteiger partial charge is 0.181 e. The van der Waals surface area contributed by atoms with Gasteiger partial charge in [-0.3, -0.25) is 0 Å². The quantitative estimate of drug-likeness (QED) is 0.844. The van der Waals surface area contributed by atoms with E-state index in [0.717, 1.165) is 23.7 Å². The molecule has 3 nitrogen and oxygen atoms in total. The fraction of sp³-hybridized carbons (Fsp3) is 0.273. The molecule has 1 saturated carbocycles. The molecule has 1 N–H and O–H groups in total. The molecule has 0 atom stereocenters. The number of aromatic nitrogens is 1. The molecule has 78 valence electrons. The van der Waals surface area contributed by atoms with Crippen molar-refractivity contribution in [3.63, 3.8) is 0 Å². The monoisotopic (exact) mass is 221 g/mol. The number of H-pyrrole nitrogens is 1. The molecular weight excluding hydrogens is 210 g/mol. The van der Waals surface area contributed by atoms with Gasteiger partial charge < -0.3 is 4.98 Å². The van der Waals surface area contributed by atoms with Crippen molar-refractivity contribution in [2.24, 2.45) is 0 Å². The lowest BCUT2D eigenvalue weighted by molar-refractivity contribution is 0.595. The van der Waals surface area contributed by atoms with Crippen LogP contribution in [0.4, 0.5) is 0 Å². The lowest BCUT2D eigenvalue weighted by Crippen LogP contribution is -2.06. The summed E-state index contributed by atoms with van der Waals surface area (Å²) < 4.78 is 23.9. The van der Waals surface area contributed by atoms with Gasteiger partial charge in [-0.05, 0) is 36.4 Å². The molecule has 0 unspecified atom stereocenters. The third kappa shape index (κ3) is 1.36. The van der Waals surface area contributed by atoms with Crippen LogP contribution in [0, 0.1) is 0 Å². The van der Waals surface area contributed by atoms with E-state index in [2.05, 4.69) is 4.98 Å². The largest absolute Gasteiger partial charge is 0.361 e. The van der Waals surface area contributed by atoms with E-state index in [-0.39, 0.29) is 5.25 Å². The fourth-order valence-electron chi connectivity index (χ4n) is 1.77. The van der Waals surface area contributed by atoms with E-state index in [4.69, 9.17) is 0 Å². The lowest BCUT2D eigenvalue weighted by Gasteiger charge is -2.02. The normalized spacial score (nSPS) is 17.1. The lowest BCUT2D eigenvalue weighted by atomic mass is 10.2. The second kappa shape index (κ2) is 2.85. The Morgan fingerprint density at radius 3 is 2.73 bits per heavy atom. The third-order valence-corrected chi connectivity index (χ3v) is 5.08. The van der Waals surface area contributed by atoms with Crippen LogP contribution in [0.25, 0.3) is 10.9 Å². The van der Waals surface area contributed by atoms with Crippen molar-refractivity contribution in [2.75, 3.05) is 0 Å². The summed E-state index contributed by atoms with van der Waals surface area (Å²) in [5.74, 6) is 0. The number of sulfone groups is 1. The Labute approximate surface area is 88.0 Å². The number of aromatic amines is 1. The van der Waals surface area contributed by atoms with Gasteiger partial charge in [-0.1, -0.05) is 6.07 Å². The SMILES string of the molecule is O=S(=O)(c1ccc2cc[nH]c2c1)C1CC1. The first-order chi connectivity index (χ1) is 7.18. The number of hydrogen-bond acceptors (Lipinski definition) is 2. The van der Waals surface area contributed by atoms with Gasteiger partial charge in [0.1, 0.15) is 0 Å². The molecule has 1 fully saturated rings. The minimum Gasteiger partial charge on any atom is -0.361 e. The van der Waals surface area contributed by atoms with Crippen molar-refractivity contribution < 1.29 is 8.42 Å². The van der Waals surface area contributed by atoms with Crippen LogP contribution in [-0.4, -0.2) is 18.7 Å². The van der Waals surface area contributed by atoms with Gasteiger partial charge in [0.05, 0.1) is 10.1 Å². The molecule has 15 heavy (non-hydrogen) atoms. The highest BCUT2D eigenvalue weighted by Gasteiger charge is 2.36. The molecule has 1 aliphatic rings. The molecule has 0 amide bonds. The maximum Gasteiger partial charge on any atom is 0.181 e. The molecule has 3 rings (SSSR count). The highest BCUT2D eigenvalue weighted by molar-refractivity contribution is 7.92. The summed E-state index contributed by atoms with van der Waals surface area (Å²) in [6, 6.07) is 7.21. The summed E-state index contributed by atoms with van der Waals surface area (Å²) in [5.41, 5.74) is 0.886. The molecule has 0 bridgehead atoms. The Hall–Kier alpha value is -1.29. The van der Waals surface area contributed by atoms with Crippen LogP contribution < -0.4 is 0 Å². The number of rotatable bonds is 2. The maximum absolute atomic E-state index is 11.9. The summed E-state index contributed by atoms with van der Waals surface area (Å²) in [6.45, 7) is 0. The van der Waals surface area contributed by atoms with E-state index in [1.807, 2.05) is 18.3 Å². The predicted molar refractivity (Wildman–Crippen MR) is 58.5 cm³/mol. The molecule has 0 spiro atoms. The molecule has 2 aromatic rings. The Bertz CT molecular complexity index is 608. The summed E-state index contributed by atoms with van der Waals surface area (Å²) >= 11 is 0.